The highest BCUT2D eigenvalue weighted by atomic mass is 32.2. The van der Waals surface area contributed by atoms with Gasteiger partial charge in [0.1, 0.15) is 72.2 Å². The number of hydrogen-bond donors (Lipinski definition) is 28. The van der Waals surface area contributed by atoms with Crippen LogP contribution >= 0.6 is 11.8 Å². The van der Waals surface area contributed by atoms with Crippen molar-refractivity contribution in [1.82, 2.24) is 106 Å². The zero-order valence-corrected chi connectivity index (χ0v) is 80.6. The van der Waals surface area contributed by atoms with E-state index in [4.69, 9.17) is 51.0 Å². The maximum atomic E-state index is 15.1. The Bertz CT molecular complexity index is 4830. The number of hydrogen-bond acceptors (Lipinski definition) is 27. The zero-order valence-electron chi connectivity index (χ0n) is 79.8. The molecule has 0 aromatic heterocycles. The number of primary amides is 3. The van der Waals surface area contributed by atoms with Crippen LogP contribution in [-0.2, 0) is 120 Å². The van der Waals surface area contributed by atoms with E-state index in [1.807, 2.05) is 6.26 Å². The highest BCUT2D eigenvalue weighted by molar-refractivity contribution is 7.98. The number of phenolic OH excluding ortho intramolecular Hbond substituents is 1. The summed E-state index contributed by atoms with van der Waals surface area (Å²) in [5, 5.41) is 69.9. The van der Waals surface area contributed by atoms with Gasteiger partial charge in [-0.1, -0.05) is 93.1 Å². The molecular weight excluding hydrogens is 1870 g/mol. The van der Waals surface area contributed by atoms with Crippen molar-refractivity contribution in [3.05, 3.63) is 102 Å². The fourth-order valence-corrected chi connectivity index (χ4v) is 15.4. The number of likely N-dealkylation sites (tertiary alicyclic amines) is 2. The van der Waals surface area contributed by atoms with Crippen LogP contribution in [0.15, 0.2) is 84.9 Å². The molecule has 0 spiro atoms. The van der Waals surface area contributed by atoms with Gasteiger partial charge in [-0.2, -0.15) is 11.8 Å². The second kappa shape index (κ2) is 63.0. The molecule has 5 rings (SSSR count). The first-order valence-electron chi connectivity index (χ1n) is 46.6. The molecule has 3 aromatic rings. The molecule has 2 unspecified atom stereocenters. The number of amides is 21. The molecule has 780 valence electrons. The van der Waals surface area contributed by atoms with Crippen molar-refractivity contribution in [1.29, 1.82) is 10.8 Å². The minimum absolute atomic E-state index is 0.00232. The molecule has 2 heterocycles. The summed E-state index contributed by atoms with van der Waals surface area (Å²) in [5.41, 5.74) is 41.0. The van der Waals surface area contributed by atoms with Gasteiger partial charge in [0.15, 0.2) is 11.9 Å². The number of benzene rings is 3. The highest BCUT2D eigenvalue weighted by Gasteiger charge is 2.44. The monoisotopic (exact) mass is 2010 g/mol. The smallest absolute Gasteiger partial charge is 0.245 e. The van der Waals surface area contributed by atoms with Crippen molar-refractivity contribution in [3.8, 4) is 5.75 Å². The molecule has 2 aliphatic rings. The largest absolute Gasteiger partial charge is 0.508 e. The number of phenols is 1. The molecule has 0 aliphatic carbocycles. The van der Waals surface area contributed by atoms with Gasteiger partial charge in [-0.05, 0) is 143 Å². The van der Waals surface area contributed by atoms with Gasteiger partial charge in [-0.25, -0.2) is 0 Å². The Morgan fingerprint density at radius 1 is 0.380 bits per heavy atom. The Labute approximate surface area is 824 Å². The number of aromatic hydroxyl groups is 1. The third kappa shape index (κ3) is 44.9. The van der Waals surface area contributed by atoms with E-state index < -0.39 is 280 Å². The summed E-state index contributed by atoms with van der Waals surface area (Å²) < 4.78 is 0. The van der Waals surface area contributed by atoms with E-state index in [2.05, 4.69) is 95.7 Å². The van der Waals surface area contributed by atoms with E-state index in [0.29, 0.717) is 48.3 Å². The van der Waals surface area contributed by atoms with Crippen molar-refractivity contribution in [2.75, 3.05) is 90.5 Å². The fourth-order valence-electron chi connectivity index (χ4n) is 14.9. The minimum Gasteiger partial charge on any atom is -0.508 e. The number of carbonyl (C=O) groups is 21. The lowest BCUT2D eigenvalue weighted by Gasteiger charge is -2.32. The lowest BCUT2D eigenvalue weighted by Crippen LogP contribution is -2.60. The van der Waals surface area contributed by atoms with Gasteiger partial charge in [-0.3, -0.25) is 112 Å². The maximum absolute atomic E-state index is 15.1. The van der Waals surface area contributed by atoms with Crippen LogP contribution in [0.5, 0.6) is 5.75 Å². The average Bonchev–Trinajstić information content (AvgIpc) is 1.66. The lowest BCUT2D eigenvalue weighted by atomic mass is 10.0. The predicted octanol–water partition coefficient (Wildman–Crippen LogP) is -9.62. The first-order chi connectivity index (χ1) is 67.5. The van der Waals surface area contributed by atoms with Crippen LogP contribution in [0.2, 0.25) is 0 Å². The van der Waals surface area contributed by atoms with Gasteiger partial charge < -0.3 is 151 Å². The fraction of sp³-hybridized carbons (Fsp3) is 0.544. The molecule has 51 nitrogen and oxygen atoms in total. The zero-order chi connectivity index (χ0) is 105. The summed E-state index contributed by atoms with van der Waals surface area (Å²) in [4.78, 5) is 288. The van der Waals surface area contributed by atoms with Crippen LogP contribution in [0.25, 0.3) is 0 Å². The summed E-state index contributed by atoms with van der Waals surface area (Å²) in [6.45, 7) is -0.977. The van der Waals surface area contributed by atoms with Crippen LogP contribution in [0.1, 0.15) is 140 Å². The first-order valence-corrected chi connectivity index (χ1v) is 48.0. The number of carbonyl (C=O) groups excluding carboxylic acids is 21. The Balaban J connectivity index is 1.23. The van der Waals surface area contributed by atoms with Crippen LogP contribution in [0, 0.1) is 16.7 Å². The second-order valence-electron chi connectivity index (χ2n) is 34.3. The van der Waals surface area contributed by atoms with Crippen LogP contribution in [-0.4, -0.2) is 314 Å². The van der Waals surface area contributed by atoms with Gasteiger partial charge >= 0.3 is 0 Å². The van der Waals surface area contributed by atoms with Crippen molar-refractivity contribution < 1.29 is 106 Å². The maximum Gasteiger partial charge on any atom is 0.245 e. The standard InChI is InChI=1S/C90H137N29O22S/c1-51(2)40-62(83(136)111-57(77(95)130)33-39-142-3)110-76(129)50-108-80(133)64(41-52-16-6-4-7-17-52)116-84(137)65(42-53-18-8-5-9-19-53)117-82(135)58(29-31-68(93)121)112-81(134)59(30-32-69(94)122)113-85(138)66-23-14-38-119(66)88(141)61(22-13-36-101-90(98)99)114-86(139)67-24-15-37-118(67)87(140)60(21-12-35-100-89(96)97)109-75(128)49-106-73(126)47-104-71(124)45-102-70(123)44-103-72(125)46-105-74(127)48-107-79(132)63(43-54-25-27-55(120)28-26-54)115-78(131)56(92)20-10-11-34-91/h4-9,16-19,25-28,51,56-67,120H,10-15,20-24,29-50,91-92H2,1-3H3,(H2,93,121)(H2,94,122)(H2,95,130)(H,102,123)(H,103,125)(H,104,124)(H,105,127)(H,106,126)(H,107,132)(H,108,133)(H,109,128)(H,110,129)(H,111,136)(H,112,134)(H,113,138)(H,114,139)(H,115,131)(H,116,137)(H,117,135)(H4,96,97,100)(H4,98,99,101)/t56-,57+,58?,59-,60-,61-,62-,63+,64-,65-,66-,67?/m0/s1. The topological polar surface area (TPSA) is 832 Å². The molecule has 3 aromatic carbocycles. The number of nitrogens with zero attached hydrogens (tertiary/aromatic N) is 2. The molecule has 0 bridgehead atoms. The van der Waals surface area contributed by atoms with Crippen LogP contribution in [0.3, 0.4) is 0 Å². The van der Waals surface area contributed by atoms with Crippen LogP contribution in [0.4, 0.5) is 0 Å². The predicted molar refractivity (Wildman–Crippen MR) is 518 cm³/mol. The molecule has 0 saturated carbocycles. The molecule has 2 saturated heterocycles. The lowest BCUT2D eigenvalue weighted by molar-refractivity contribution is -0.144. The average molecular weight is 2010 g/mol. The molecule has 35 N–H and O–H groups in total. The number of nitrogens with two attached hydrogens (primary N) is 7. The Morgan fingerprint density at radius 2 is 0.732 bits per heavy atom. The Morgan fingerprint density at radius 3 is 1.14 bits per heavy atom. The molecule has 2 aliphatic heterocycles. The summed E-state index contributed by atoms with van der Waals surface area (Å²) in [5.74, 6) is -18.8. The van der Waals surface area contributed by atoms with E-state index >= 15 is 4.79 Å². The molecule has 2 fully saturated rings. The van der Waals surface area contributed by atoms with Crippen molar-refractivity contribution in [2.45, 2.75) is 215 Å². The Kier molecular flexibility index (Phi) is 52.1. The number of nitrogens with one attached hydrogen (secondary N) is 20. The number of unbranched alkanes of at least 4 members (excludes halogenated alkanes) is 1. The molecule has 0 radical (unpaired) electrons. The number of thioether (sulfide) groups is 1. The van der Waals surface area contributed by atoms with Gasteiger partial charge in [0.05, 0.1) is 51.9 Å². The molecule has 21 amide bonds. The summed E-state index contributed by atoms with van der Waals surface area (Å²) in [6.07, 6.45) is 1.32. The van der Waals surface area contributed by atoms with E-state index in [1.54, 1.807) is 74.5 Å². The minimum atomic E-state index is -1.75. The van der Waals surface area contributed by atoms with Gasteiger partial charge in [0, 0.05) is 58.3 Å². The number of guanidine groups is 2. The normalized spacial score (nSPS) is 15.1. The SMILES string of the molecule is CSCC[C@@H](NC(=O)[C@H](CC(C)C)NC(=O)CNC(=O)[C@H](Cc1ccccc1)NC(=O)[C@H](Cc1ccccc1)NC(=O)C(CCC(N)=O)NC(=O)[C@H](CCC(N)=O)NC(=O)[C@@H]1CCCN1C(=O)[C@H](CCCNC(=N)N)NC(=O)C1CCCN1C(=O)[C@H](CCCNC(=N)N)NC(=O)CNC(=O)CNC(=O)CNC(=O)CNC(=O)CNC(=O)CNC(=O)[C@@H](Cc1ccc(O)cc1)NC(=O)[C@@H](N)CCCCN)C(N)=O. The van der Waals surface area contributed by atoms with Crippen molar-refractivity contribution in [2.24, 2.45) is 46.1 Å². The van der Waals surface area contributed by atoms with Crippen molar-refractivity contribution >= 4 is 148 Å². The molecule has 52 heteroatoms. The van der Waals surface area contributed by atoms with Gasteiger partial charge in [0.2, 0.25) is 124 Å². The van der Waals surface area contributed by atoms with E-state index in [-0.39, 0.29) is 121 Å². The van der Waals surface area contributed by atoms with E-state index in [9.17, 15) is 101 Å². The molecule has 142 heavy (non-hydrogen) atoms. The Hall–Kier alpha value is -14.9. The summed E-state index contributed by atoms with van der Waals surface area (Å²) in [7, 11) is 0. The summed E-state index contributed by atoms with van der Waals surface area (Å²) >= 11 is 1.43. The second-order valence-corrected chi connectivity index (χ2v) is 35.3. The van der Waals surface area contributed by atoms with Crippen LogP contribution < -0.4 is 136 Å². The van der Waals surface area contributed by atoms with Crippen molar-refractivity contribution in [3.63, 3.8) is 0 Å². The number of rotatable bonds is 64. The highest BCUT2D eigenvalue weighted by Crippen LogP contribution is 2.25. The van der Waals surface area contributed by atoms with Gasteiger partial charge in [0.25, 0.3) is 0 Å². The van der Waals surface area contributed by atoms with E-state index in [0.717, 1.165) is 4.90 Å². The van der Waals surface area contributed by atoms with Gasteiger partial charge in [-0.15, -0.1) is 0 Å². The van der Waals surface area contributed by atoms with E-state index in [1.165, 1.54) is 40.9 Å². The molecular formula is C90H137N29O22S. The summed E-state index contributed by atoms with van der Waals surface area (Å²) in [6, 6.07) is 6.08. The first kappa shape index (κ1) is 118. The molecule has 12 atom stereocenters. The third-order valence-electron chi connectivity index (χ3n) is 22.4. The third-order valence-corrected chi connectivity index (χ3v) is 23.0. The quantitative estimate of drug-likeness (QED) is 0.0142.